The molecule has 0 aliphatic rings. The summed E-state index contributed by atoms with van der Waals surface area (Å²) in [5.74, 6) is -2.59. The number of carbonyl (C=O) groups is 2. The van der Waals surface area contributed by atoms with E-state index in [1.807, 2.05) is 0 Å². The highest BCUT2D eigenvalue weighted by Crippen LogP contribution is 2.33. The second kappa shape index (κ2) is 6.96. The lowest BCUT2D eigenvalue weighted by atomic mass is 10.1. The Morgan fingerprint density at radius 1 is 1.29 bits per heavy atom. The van der Waals surface area contributed by atoms with Crippen molar-refractivity contribution in [2.24, 2.45) is 0 Å². The minimum absolute atomic E-state index is 0.0100. The second-order valence-corrected chi connectivity index (χ2v) is 4.02. The summed E-state index contributed by atoms with van der Waals surface area (Å²) >= 11 is 0. The molecule has 1 aromatic rings. The standard InChI is InChI=1S/C13H13F3O5/c1-20-11(17)3-2-6-21-10-7-8(13(14,15)16)4-5-9(10)12(18)19/h4-5,7H,2-3,6H2,1H3,(H,18,19)/p-1. The van der Waals surface area contributed by atoms with Gasteiger partial charge < -0.3 is 19.4 Å². The van der Waals surface area contributed by atoms with Crippen LogP contribution < -0.4 is 9.84 Å². The van der Waals surface area contributed by atoms with Gasteiger partial charge in [0.1, 0.15) is 5.75 Å². The number of rotatable bonds is 6. The highest BCUT2D eigenvalue weighted by Gasteiger charge is 2.31. The molecule has 0 aliphatic heterocycles. The van der Waals surface area contributed by atoms with Gasteiger partial charge in [-0.1, -0.05) is 0 Å². The highest BCUT2D eigenvalue weighted by molar-refractivity contribution is 5.89. The monoisotopic (exact) mass is 305 g/mol. The van der Waals surface area contributed by atoms with Crippen molar-refractivity contribution in [3.8, 4) is 5.75 Å². The molecule has 0 atom stereocenters. The minimum Gasteiger partial charge on any atom is -0.545 e. The van der Waals surface area contributed by atoms with Crippen molar-refractivity contribution < 1.29 is 37.3 Å². The fraction of sp³-hybridized carbons (Fsp3) is 0.385. The van der Waals surface area contributed by atoms with E-state index in [1.54, 1.807) is 0 Å². The molecule has 5 nitrogen and oxygen atoms in total. The molecule has 116 valence electrons. The van der Waals surface area contributed by atoms with Crippen LogP contribution in [0.5, 0.6) is 5.75 Å². The molecule has 0 aliphatic carbocycles. The third kappa shape index (κ3) is 4.97. The van der Waals surface area contributed by atoms with E-state index < -0.39 is 35.0 Å². The number of alkyl halides is 3. The zero-order chi connectivity index (χ0) is 16.0. The van der Waals surface area contributed by atoms with Crippen molar-refractivity contribution in [2.75, 3.05) is 13.7 Å². The van der Waals surface area contributed by atoms with E-state index in [1.165, 1.54) is 7.11 Å². The van der Waals surface area contributed by atoms with Crippen LogP contribution in [0.25, 0.3) is 0 Å². The number of carboxylic acids is 1. The molecule has 0 bridgehead atoms. The molecule has 1 aromatic carbocycles. The SMILES string of the molecule is COC(=O)CCCOc1cc(C(F)(F)F)ccc1C(=O)[O-]. The molecule has 21 heavy (non-hydrogen) atoms. The maximum Gasteiger partial charge on any atom is 0.416 e. The van der Waals surface area contributed by atoms with Gasteiger partial charge in [0.2, 0.25) is 0 Å². The average Bonchev–Trinajstić information content (AvgIpc) is 2.41. The summed E-state index contributed by atoms with van der Waals surface area (Å²) in [6, 6.07) is 1.99. The van der Waals surface area contributed by atoms with E-state index in [0.29, 0.717) is 12.1 Å². The Balaban J connectivity index is 2.82. The van der Waals surface area contributed by atoms with Crippen LogP contribution in [0.2, 0.25) is 0 Å². The fourth-order valence-electron chi connectivity index (χ4n) is 1.49. The van der Waals surface area contributed by atoms with Crippen LogP contribution in [0.3, 0.4) is 0 Å². The molecule has 0 radical (unpaired) electrons. The molecule has 0 saturated carbocycles. The van der Waals surface area contributed by atoms with Crippen LogP contribution in [0.4, 0.5) is 13.2 Å². The molecule has 0 fully saturated rings. The zero-order valence-electron chi connectivity index (χ0n) is 11.0. The number of esters is 1. The number of hydrogen-bond donors (Lipinski definition) is 0. The lowest BCUT2D eigenvalue weighted by molar-refractivity contribution is -0.255. The van der Waals surface area contributed by atoms with E-state index in [-0.39, 0.29) is 19.4 Å². The van der Waals surface area contributed by atoms with Crippen molar-refractivity contribution in [1.29, 1.82) is 0 Å². The quantitative estimate of drug-likeness (QED) is 0.586. The average molecular weight is 305 g/mol. The van der Waals surface area contributed by atoms with Gasteiger partial charge in [0.25, 0.3) is 0 Å². The molecule has 0 amide bonds. The number of halogens is 3. The Morgan fingerprint density at radius 3 is 2.48 bits per heavy atom. The first kappa shape index (κ1) is 16.8. The number of benzene rings is 1. The van der Waals surface area contributed by atoms with Crippen LogP contribution in [-0.4, -0.2) is 25.7 Å². The Labute approximate surface area is 118 Å². The summed E-state index contributed by atoms with van der Waals surface area (Å²) in [5, 5.41) is 10.8. The van der Waals surface area contributed by atoms with Gasteiger partial charge in [-0.25, -0.2) is 0 Å². The Morgan fingerprint density at radius 2 is 1.95 bits per heavy atom. The van der Waals surface area contributed by atoms with Crippen LogP contribution in [0, 0.1) is 0 Å². The lowest BCUT2D eigenvalue weighted by Crippen LogP contribution is -2.23. The lowest BCUT2D eigenvalue weighted by Gasteiger charge is -2.15. The third-order valence-electron chi connectivity index (χ3n) is 2.54. The second-order valence-electron chi connectivity index (χ2n) is 4.02. The van der Waals surface area contributed by atoms with Crippen molar-refractivity contribution in [3.63, 3.8) is 0 Å². The maximum absolute atomic E-state index is 12.6. The van der Waals surface area contributed by atoms with Gasteiger partial charge in [-0.2, -0.15) is 13.2 Å². The maximum atomic E-state index is 12.6. The summed E-state index contributed by atoms with van der Waals surface area (Å²) in [6.45, 7) is -0.128. The van der Waals surface area contributed by atoms with E-state index in [0.717, 1.165) is 6.07 Å². The third-order valence-corrected chi connectivity index (χ3v) is 2.54. The molecule has 0 unspecified atom stereocenters. The molecule has 0 aromatic heterocycles. The van der Waals surface area contributed by atoms with E-state index in [9.17, 15) is 27.9 Å². The minimum atomic E-state index is -4.62. The molecular weight excluding hydrogens is 293 g/mol. The first-order valence-corrected chi connectivity index (χ1v) is 5.88. The highest BCUT2D eigenvalue weighted by atomic mass is 19.4. The Hall–Kier alpha value is -2.25. The first-order valence-electron chi connectivity index (χ1n) is 5.88. The van der Waals surface area contributed by atoms with Gasteiger partial charge in [-0.3, -0.25) is 4.79 Å². The Bertz CT molecular complexity index is 525. The number of aromatic carboxylic acids is 1. The summed E-state index contributed by atoms with van der Waals surface area (Å²) in [4.78, 5) is 21.7. The van der Waals surface area contributed by atoms with Crippen molar-refractivity contribution in [2.45, 2.75) is 19.0 Å². The summed E-state index contributed by atoms with van der Waals surface area (Å²) in [6.07, 6.45) is -4.43. The normalized spacial score (nSPS) is 11.0. The summed E-state index contributed by atoms with van der Waals surface area (Å²) in [5.41, 5.74) is -1.52. The van der Waals surface area contributed by atoms with Gasteiger partial charge in [0.15, 0.2) is 0 Å². The van der Waals surface area contributed by atoms with Crippen molar-refractivity contribution in [1.82, 2.24) is 0 Å². The van der Waals surface area contributed by atoms with E-state index >= 15 is 0 Å². The molecule has 0 heterocycles. The Kier molecular flexibility index (Phi) is 5.57. The molecule has 8 heteroatoms. The van der Waals surface area contributed by atoms with Gasteiger partial charge >= 0.3 is 12.1 Å². The van der Waals surface area contributed by atoms with Crippen LogP contribution in [0.15, 0.2) is 18.2 Å². The molecule has 0 saturated heterocycles. The van der Waals surface area contributed by atoms with Crippen LogP contribution >= 0.6 is 0 Å². The number of carbonyl (C=O) groups excluding carboxylic acids is 2. The molecule has 1 rings (SSSR count). The number of ether oxygens (including phenoxy) is 2. The topological polar surface area (TPSA) is 75.7 Å². The summed E-state index contributed by atoms with van der Waals surface area (Å²) < 4.78 is 47.1. The smallest absolute Gasteiger partial charge is 0.416 e. The van der Waals surface area contributed by atoms with Crippen molar-refractivity contribution in [3.05, 3.63) is 29.3 Å². The molecule has 0 N–H and O–H groups in total. The van der Waals surface area contributed by atoms with Gasteiger partial charge in [0.05, 0.1) is 25.2 Å². The zero-order valence-corrected chi connectivity index (χ0v) is 11.0. The van der Waals surface area contributed by atoms with E-state index in [2.05, 4.69) is 4.74 Å². The van der Waals surface area contributed by atoms with Gasteiger partial charge in [-0.15, -0.1) is 0 Å². The van der Waals surface area contributed by atoms with Crippen molar-refractivity contribution >= 4 is 11.9 Å². The van der Waals surface area contributed by atoms with Crippen LogP contribution in [0.1, 0.15) is 28.8 Å². The fourth-order valence-corrected chi connectivity index (χ4v) is 1.49. The van der Waals surface area contributed by atoms with E-state index in [4.69, 9.17) is 4.74 Å². The van der Waals surface area contributed by atoms with Gasteiger partial charge in [0, 0.05) is 12.0 Å². The predicted octanol–water partition coefficient (Wildman–Crippen LogP) is 1.40. The number of carboxylic acid groups (broad SMARTS) is 1. The summed E-state index contributed by atoms with van der Waals surface area (Å²) in [7, 11) is 1.20. The van der Waals surface area contributed by atoms with Crippen LogP contribution in [-0.2, 0) is 15.7 Å². The number of methoxy groups -OCH3 is 1. The molecular formula is C13H12F3O5-. The number of hydrogen-bond acceptors (Lipinski definition) is 5. The largest absolute Gasteiger partial charge is 0.545 e. The first-order chi connectivity index (χ1) is 9.75. The molecule has 0 spiro atoms. The van der Waals surface area contributed by atoms with Gasteiger partial charge in [-0.05, 0) is 24.6 Å². The predicted molar refractivity (Wildman–Crippen MR) is 62.5 cm³/mol.